The van der Waals surface area contributed by atoms with Gasteiger partial charge in [0.2, 0.25) is 11.8 Å². The zero-order chi connectivity index (χ0) is 17.1. The van der Waals surface area contributed by atoms with Gasteiger partial charge >= 0.3 is 0 Å². The molecule has 1 fully saturated rings. The zero-order valence-electron chi connectivity index (χ0n) is 14.1. The van der Waals surface area contributed by atoms with Crippen LogP contribution in [-0.4, -0.2) is 52.0 Å². The first kappa shape index (κ1) is 16.6. The summed E-state index contributed by atoms with van der Waals surface area (Å²) in [5.74, 6) is 0.940. The number of aromatic nitrogens is 2. The van der Waals surface area contributed by atoms with Gasteiger partial charge in [-0.3, -0.25) is 14.6 Å². The first-order valence-electron chi connectivity index (χ1n) is 8.12. The lowest BCUT2D eigenvalue weighted by molar-refractivity contribution is 0.1000. The highest BCUT2D eigenvalue weighted by molar-refractivity contribution is 5.92. The van der Waals surface area contributed by atoms with Gasteiger partial charge in [-0.05, 0) is 31.2 Å². The zero-order valence-corrected chi connectivity index (χ0v) is 14.1. The summed E-state index contributed by atoms with van der Waals surface area (Å²) in [7, 11) is 2.09. The van der Waals surface area contributed by atoms with E-state index in [-0.39, 0.29) is 5.91 Å². The monoisotopic (exact) mass is 329 g/mol. The van der Waals surface area contributed by atoms with E-state index in [0.29, 0.717) is 24.0 Å². The van der Waals surface area contributed by atoms with E-state index in [2.05, 4.69) is 27.0 Å². The molecule has 7 heteroatoms. The fraction of sp³-hybridized carbons (Fsp3) is 0.471. The molecule has 2 heterocycles. The molecular weight excluding hydrogens is 306 g/mol. The summed E-state index contributed by atoms with van der Waals surface area (Å²) in [6, 6.07) is 8.00. The summed E-state index contributed by atoms with van der Waals surface area (Å²) >= 11 is 0. The number of nitrogens with two attached hydrogens (primary N) is 1. The van der Waals surface area contributed by atoms with Crippen molar-refractivity contribution in [1.82, 2.24) is 19.9 Å². The van der Waals surface area contributed by atoms with Gasteiger partial charge in [0.1, 0.15) is 0 Å². The quantitative estimate of drug-likeness (QED) is 0.856. The average molecular weight is 329 g/mol. The topological polar surface area (TPSA) is 88.5 Å². The number of hydrogen-bond acceptors (Lipinski definition) is 6. The molecule has 3 rings (SSSR count). The van der Waals surface area contributed by atoms with Crippen LogP contribution < -0.4 is 5.73 Å². The molecule has 1 unspecified atom stereocenters. The highest BCUT2D eigenvalue weighted by Gasteiger charge is 2.26. The molecule has 0 bridgehead atoms. The maximum atomic E-state index is 11.3. The summed E-state index contributed by atoms with van der Waals surface area (Å²) in [5.41, 5.74) is 7.03. The Labute approximate surface area is 141 Å². The van der Waals surface area contributed by atoms with E-state index in [4.69, 9.17) is 10.3 Å². The Morgan fingerprint density at radius 1 is 1.50 bits per heavy atom. The normalized spacial score (nSPS) is 18.4. The van der Waals surface area contributed by atoms with Crippen LogP contribution in [-0.2, 0) is 13.1 Å². The van der Waals surface area contributed by atoms with Crippen LogP contribution >= 0.6 is 0 Å². The van der Waals surface area contributed by atoms with Crippen LogP contribution in [0.15, 0.2) is 28.8 Å². The molecule has 1 aromatic carbocycles. The van der Waals surface area contributed by atoms with Gasteiger partial charge in [0.15, 0.2) is 5.82 Å². The van der Waals surface area contributed by atoms with Crippen molar-refractivity contribution >= 4 is 5.91 Å². The molecule has 0 aliphatic carbocycles. The molecule has 1 aliphatic heterocycles. The van der Waals surface area contributed by atoms with E-state index in [1.54, 1.807) is 13.0 Å². The maximum Gasteiger partial charge on any atom is 0.248 e. The fourth-order valence-electron chi connectivity index (χ4n) is 3.15. The van der Waals surface area contributed by atoms with Crippen LogP contribution in [0.4, 0.5) is 0 Å². The van der Waals surface area contributed by atoms with Crippen LogP contribution in [0.2, 0.25) is 0 Å². The Hall–Kier alpha value is -2.25. The highest BCUT2D eigenvalue weighted by Crippen LogP contribution is 2.19. The Kier molecular flexibility index (Phi) is 4.92. The second-order valence-corrected chi connectivity index (χ2v) is 6.39. The van der Waals surface area contributed by atoms with E-state index in [1.165, 1.54) is 0 Å². The van der Waals surface area contributed by atoms with Crippen molar-refractivity contribution in [3.05, 3.63) is 47.1 Å². The lowest BCUT2D eigenvalue weighted by atomic mass is 10.1. The number of primary amides is 1. The van der Waals surface area contributed by atoms with Gasteiger partial charge in [-0.25, -0.2) is 0 Å². The number of rotatable bonds is 6. The van der Waals surface area contributed by atoms with E-state index in [0.717, 1.165) is 37.4 Å². The van der Waals surface area contributed by atoms with Crippen LogP contribution in [0.25, 0.3) is 0 Å². The third kappa shape index (κ3) is 3.98. The van der Waals surface area contributed by atoms with Crippen molar-refractivity contribution in [3.63, 3.8) is 0 Å². The highest BCUT2D eigenvalue weighted by atomic mass is 16.5. The minimum Gasteiger partial charge on any atom is -0.366 e. The molecule has 0 saturated carbocycles. The average Bonchev–Trinajstić information content (AvgIpc) is 3.17. The van der Waals surface area contributed by atoms with Gasteiger partial charge in [0.05, 0.1) is 6.54 Å². The molecule has 0 radical (unpaired) electrons. The minimum absolute atomic E-state index is 0.383. The first-order valence-corrected chi connectivity index (χ1v) is 8.12. The maximum absolute atomic E-state index is 11.3. The molecule has 1 amide bonds. The largest absolute Gasteiger partial charge is 0.366 e. The number of likely N-dealkylation sites (N-methyl/N-ethyl adjacent to an activating group) is 1. The molecule has 1 saturated heterocycles. The number of hydrogen-bond donors (Lipinski definition) is 1. The number of carbonyl (C=O) groups is 1. The molecule has 2 N–H and O–H groups in total. The summed E-state index contributed by atoms with van der Waals surface area (Å²) in [5, 5.41) is 3.95. The predicted octanol–water partition coefficient (Wildman–Crippen LogP) is 1.18. The molecule has 7 nitrogen and oxygen atoms in total. The summed E-state index contributed by atoms with van der Waals surface area (Å²) in [4.78, 5) is 20.2. The standard InChI is InChI=1S/C17H23N5O2/c1-12-19-16(20-24-12)11-21(2)15-6-7-22(10-15)9-13-4-3-5-14(8-13)17(18)23/h3-5,8,15H,6-7,9-11H2,1-2H3,(H2,18,23). The molecular formula is C17H23N5O2. The summed E-state index contributed by atoms with van der Waals surface area (Å²) in [6.45, 7) is 5.32. The molecule has 0 spiro atoms. The van der Waals surface area contributed by atoms with Crippen molar-refractivity contribution in [3.8, 4) is 0 Å². The Morgan fingerprint density at radius 3 is 3.04 bits per heavy atom. The van der Waals surface area contributed by atoms with E-state index < -0.39 is 0 Å². The first-order chi connectivity index (χ1) is 11.5. The molecule has 24 heavy (non-hydrogen) atoms. The van der Waals surface area contributed by atoms with Crippen LogP contribution in [0.5, 0.6) is 0 Å². The summed E-state index contributed by atoms with van der Waals surface area (Å²) < 4.78 is 5.02. The van der Waals surface area contributed by atoms with Gasteiger partial charge in [-0.2, -0.15) is 4.98 Å². The number of amides is 1. The van der Waals surface area contributed by atoms with Crippen molar-refractivity contribution in [2.24, 2.45) is 5.73 Å². The second kappa shape index (κ2) is 7.11. The molecule has 1 aliphatic rings. The van der Waals surface area contributed by atoms with E-state index >= 15 is 0 Å². The number of likely N-dealkylation sites (tertiary alicyclic amines) is 1. The van der Waals surface area contributed by atoms with Crippen molar-refractivity contribution in [1.29, 1.82) is 0 Å². The van der Waals surface area contributed by atoms with Gasteiger partial charge in [0, 0.05) is 38.2 Å². The third-order valence-electron chi connectivity index (χ3n) is 4.45. The van der Waals surface area contributed by atoms with Crippen molar-refractivity contribution < 1.29 is 9.32 Å². The molecule has 1 atom stereocenters. The predicted molar refractivity (Wildman–Crippen MR) is 89.1 cm³/mol. The Bertz CT molecular complexity index is 715. The van der Waals surface area contributed by atoms with Crippen molar-refractivity contribution in [2.75, 3.05) is 20.1 Å². The lowest BCUT2D eigenvalue weighted by Crippen LogP contribution is -2.34. The van der Waals surface area contributed by atoms with Gasteiger partial charge in [0.25, 0.3) is 0 Å². The van der Waals surface area contributed by atoms with Crippen LogP contribution in [0.3, 0.4) is 0 Å². The summed E-state index contributed by atoms with van der Waals surface area (Å²) in [6.07, 6.45) is 1.10. The van der Waals surface area contributed by atoms with Gasteiger partial charge < -0.3 is 10.3 Å². The SMILES string of the molecule is Cc1nc(CN(C)C2CCN(Cc3cccc(C(N)=O)c3)C2)no1. The van der Waals surface area contributed by atoms with Crippen LogP contribution in [0.1, 0.15) is 34.1 Å². The second-order valence-electron chi connectivity index (χ2n) is 6.39. The molecule has 2 aromatic rings. The lowest BCUT2D eigenvalue weighted by Gasteiger charge is -2.23. The van der Waals surface area contributed by atoms with Crippen molar-refractivity contribution in [2.45, 2.75) is 32.5 Å². The molecule has 1 aromatic heterocycles. The fourth-order valence-corrected chi connectivity index (χ4v) is 3.15. The van der Waals surface area contributed by atoms with Gasteiger partial charge in [-0.1, -0.05) is 17.3 Å². The minimum atomic E-state index is -0.383. The Morgan fingerprint density at radius 2 is 2.33 bits per heavy atom. The van der Waals surface area contributed by atoms with Crippen LogP contribution in [0, 0.1) is 6.92 Å². The number of nitrogens with zero attached hydrogens (tertiary/aromatic N) is 4. The smallest absolute Gasteiger partial charge is 0.248 e. The third-order valence-corrected chi connectivity index (χ3v) is 4.45. The van der Waals surface area contributed by atoms with E-state index in [1.807, 2.05) is 18.2 Å². The van der Waals surface area contributed by atoms with E-state index in [9.17, 15) is 4.79 Å². The Balaban J connectivity index is 1.55. The van der Waals surface area contributed by atoms with Gasteiger partial charge in [-0.15, -0.1) is 0 Å². The number of benzene rings is 1. The number of aryl methyl sites for hydroxylation is 1. The molecule has 128 valence electrons. The number of carbonyl (C=O) groups excluding carboxylic acids is 1.